The lowest BCUT2D eigenvalue weighted by Crippen LogP contribution is -2.16. The molecule has 0 aliphatic rings. The van der Waals surface area contributed by atoms with Crippen LogP contribution in [0.3, 0.4) is 0 Å². The minimum absolute atomic E-state index is 0.291. The second-order valence-electron chi connectivity index (χ2n) is 3.66. The van der Waals surface area contributed by atoms with Crippen molar-refractivity contribution in [3.63, 3.8) is 0 Å². The molecule has 0 aliphatic heterocycles. The Bertz CT molecular complexity index is 308. The number of rotatable bonds is 3. The maximum atomic E-state index is 5.58. The predicted molar refractivity (Wildman–Crippen MR) is 59.5 cm³/mol. The van der Waals surface area contributed by atoms with Crippen molar-refractivity contribution in [3.05, 3.63) is 6.07 Å². The average Bonchev–Trinajstić information content (AvgIpc) is 2.01. The summed E-state index contributed by atoms with van der Waals surface area (Å²) in [5.41, 5.74) is 5.58. The zero-order valence-electron chi connectivity index (χ0n) is 9.07. The fourth-order valence-electron chi connectivity index (χ4n) is 1.05. The summed E-state index contributed by atoms with van der Waals surface area (Å²) >= 11 is 0. The molecule has 0 aromatic carbocycles. The molecule has 0 atom stereocenters. The highest BCUT2D eigenvalue weighted by Crippen LogP contribution is 2.15. The quantitative estimate of drug-likeness (QED) is 0.751. The molecule has 3 N–H and O–H groups in total. The summed E-state index contributed by atoms with van der Waals surface area (Å²) < 4.78 is 0. The van der Waals surface area contributed by atoms with Crippen LogP contribution in [0, 0.1) is 0 Å². The maximum absolute atomic E-state index is 5.58. The van der Waals surface area contributed by atoms with Gasteiger partial charge >= 0.3 is 0 Å². The van der Waals surface area contributed by atoms with E-state index in [0.717, 1.165) is 11.6 Å². The largest absolute Gasteiger partial charge is 0.368 e. The lowest BCUT2D eigenvalue weighted by molar-refractivity contribution is 0.886. The van der Waals surface area contributed by atoms with Crippen LogP contribution < -0.4 is 16.0 Å². The average molecular weight is 195 g/mol. The highest BCUT2D eigenvalue weighted by atomic mass is 15.2. The summed E-state index contributed by atoms with van der Waals surface area (Å²) in [6, 6.07) is 2.20. The van der Waals surface area contributed by atoms with Crippen LogP contribution in [0.5, 0.6) is 0 Å². The third-order valence-corrected chi connectivity index (χ3v) is 1.62. The van der Waals surface area contributed by atoms with Gasteiger partial charge in [0.25, 0.3) is 0 Å². The smallest absolute Gasteiger partial charge is 0.223 e. The topological polar surface area (TPSA) is 67.1 Å². The van der Waals surface area contributed by atoms with E-state index in [1.165, 1.54) is 0 Å². The molecule has 1 heterocycles. The van der Waals surface area contributed by atoms with Crippen LogP contribution in [0.15, 0.2) is 6.07 Å². The van der Waals surface area contributed by atoms with Gasteiger partial charge in [0.05, 0.1) is 0 Å². The third-order valence-electron chi connectivity index (χ3n) is 1.62. The van der Waals surface area contributed by atoms with E-state index in [-0.39, 0.29) is 0 Å². The second-order valence-corrected chi connectivity index (χ2v) is 3.66. The van der Waals surface area contributed by atoms with Crippen molar-refractivity contribution in [3.8, 4) is 0 Å². The minimum atomic E-state index is 0.291. The van der Waals surface area contributed by atoms with E-state index in [1.807, 2.05) is 38.9 Å². The third kappa shape index (κ3) is 2.76. The summed E-state index contributed by atoms with van der Waals surface area (Å²) in [5.74, 6) is 1.86. The van der Waals surface area contributed by atoms with E-state index in [2.05, 4.69) is 15.3 Å². The van der Waals surface area contributed by atoms with E-state index in [9.17, 15) is 0 Å². The van der Waals surface area contributed by atoms with Crippen molar-refractivity contribution in [1.82, 2.24) is 9.97 Å². The number of nitrogen functional groups attached to an aromatic ring is 1. The molecule has 0 fully saturated rings. The number of nitrogens with two attached hydrogens (primary N) is 1. The molecule has 0 saturated carbocycles. The molecule has 1 rings (SSSR count). The number of aromatic nitrogens is 2. The molecule has 0 saturated heterocycles. The Morgan fingerprint density at radius 2 is 2.00 bits per heavy atom. The highest BCUT2D eigenvalue weighted by Gasteiger charge is 2.04. The lowest BCUT2D eigenvalue weighted by atomic mass is 10.4. The standard InChI is InChI=1S/C9H17N5/c1-6(2)11-7-5-8(14(3)4)13-9(10)12-7/h5-6H,1-4H3,(H3,10,11,12,13). The van der Waals surface area contributed by atoms with Gasteiger partial charge in [0.15, 0.2) is 0 Å². The summed E-state index contributed by atoms with van der Waals surface area (Å²) in [5, 5.41) is 3.18. The molecule has 0 radical (unpaired) electrons. The van der Waals surface area contributed by atoms with Gasteiger partial charge < -0.3 is 16.0 Å². The first-order valence-electron chi connectivity index (χ1n) is 4.57. The first kappa shape index (κ1) is 10.6. The summed E-state index contributed by atoms with van der Waals surface area (Å²) in [6.07, 6.45) is 0. The fraction of sp³-hybridized carbons (Fsp3) is 0.556. The van der Waals surface area contributed by atoms with E-state index < -0.39 is 0 Å². The van der Waals surface area contributed by atoms with Crippen molar-refractivity contribution >= 4 is 17.6 Å². The number of nitrogens with one attached hydrogen (secondary N) is 1. The normalized spacial score (nSPS) is 10.4. The van der Waals surface area contributed by atoms with Crippen LogP contribution in [-0.4, -0.2) is 30.1 Å². The fourth-order valence-corrected chi connectivity index (χ4v) is 1.05. The molecular formula is C9H17N5. The first-order valence-corrected chi connectivity index (χ1v) is 4.57. The van der Waals surface area contributed by atoms with Gasteiger partial charge in [-0.1, -0.05) is 0 Å². The molecule has 14 heavy (non-hydrogen) atoms. The highest BCUT2D eigenvalue weighted by molar-refractivity contribution is 5.52. The van der Waals surface area contributed by atoms with Gasteiger partial charge in [-0.15, -0.1) is 0 Å². The molecule has 0 spiro atoms. The van der Waals surface area contributed by atoms with Crippen molar-refractivity contribution in [2.24, 2.45) is 0 Å². The van der Waals surface area contributed by atoms with Gasteiger partial charge in [0.1, 0.15) is 11.6 Å². The molecular weight excluding hydrogens is 178 g/mol. The molecule has 1 aromatic heterocycles. The van der Waals surface area contributed by atoms with Crippen LogP contribution in [0.25, 0.3) is 0 Å². The first-order chi connectivity index (χ1) is 6.49. The number of nitrogens with zero attached hydrogens (tertiary/aromatic N) is 3. The number of hydrogen-bond donors (Lipinski definition) is 2. The Kier molecular flexibility index (Phi) is 3.11. The van der Waals surface area contributed by atoms with Crippen LogP contribution in [0.2, 0.25) is 0 Å². The van der Waals surface area contributed by atoms with Crippen LogP contribution in [0.1, 0.15) is 13.8 Å². The molecule has 0 aliphatic carbocycles. The Morgan fingerprint density at radius 3 is 2.50 bits per heavy atom. The SMILES string of the molecule is CC(C)Nc1cc(N(C)C)nc(N)n1. The minimum Gasteiger partial charge on any atom is -0.368 e. The maximum Gasteiger partial charge on any atom is 0.223 e. The monoisotopic (exact) mass is 195 g/mol. The van der Waals surface area contributed by atoms with Crippen LogP contribution in [0.4, 0.5) is 17.6 Å². The zero-order valence-corrected chi connectivity index (χ0v) is 9.07. The summed E-state index contributed by atoms with van der Waals surface area (Å²) in [7, 11) is 3.84. The predicted octanol–water partition coefficient (Wildman–Crippen LogP) is 0.945. The van der Waals surface area contributed by atoms with Gasteiger partial charge in [-0.2, -0.15) is 9.97 Å². The molecule has 5 heteroatoms. The van der Waals surface area contributed by atoms with Gasteiger partial charge in [-0.3, -0.25) is 0 Å². The zero-order chi connectivity index (χ0) is 10.7. The Labute approximate surface area is 84.3 Å². The molecule has 0 amide bonds. The molecule has 78 valence electrons. The second kappa shape index (κ2) is 4.13. The Hall–Kier alpha value is -1.52. The molecule has 5 nitrogen and oxygen atoms in total. The number of anilines is 3. The molecule has 1 aromatic rings. The Morgan fingerprint density at radius 1 is 1.36 bits per heavy atom. The van der Waals surface area contributed by atoms with E-state index >= 15 is 0 Å². The van der Waals surface area contributed by atoms with Crippen molar-refractivity contribution < 1.29 is 0 Å². The van der Waals surface area contributed by atoms with Gasteiger partial charge in [0, 0.05) is 26.2 Å². The van der Waals surface area contributed by atoms with Crippen LogP contribution >= 0.6 is 0 Å². The van der Waals surface area contributed by atoms with Crippen molar-refractivity contribution in [2.45, 2.75) is 19.9 Å². The van der Waals surface area contributed by atoms with Gasteiger partial charge in [0.2, 0.25) is 5.95 Å². The summed E-state index contributed by atoms with van der Waals surface area (Å²) in [4.78, 5) is 10.1. The number of hydrogen-bond acceptors (Lipinski definition) is 5. The van der Waals surface area contributed by atoms with Crippen molar-refractivity contribution in [2.75, 3.05) is 30.0 Å². The van der Waals surface area contributed by atoms with Crippen molar-refractivity contribution in [1.29, 1.82) is 0 Å². The van der Waals surface area contributed by atoms with Gasteiger partial charge in [-0.25, -0.2) is 0 Å². The molecule has 0 bridgehead atoms. The van der Waals surface area contributed by atoms with E-state index in [0.29, 0.717) is 12.0 Å². The van der Waals surface area contributed by atoms with E-state index in [1.54, 1.807) is 0 Å². The summed E-state index contributed by atoms with van der Waals surface area (Å²) in [6.45, 7) is 4.10. The van der Waals surface area contributed by atoms with Gasteiger partial charge in [-0.05, 0) is 13.8 Å². The Balaban J connectivity index is 2.95. The van der Waals surface area contributed by atoms with E-state index in [4.69, 9.17) is 5.73 Å². The van der Waals surface area contributed by atoms with Crippen LogP contribution in [-0.2, 0) is 0 Å². The molecule has 0 unspecified atom stereocenters. The lowest BCUT2D eigenvalue weighted by Gasteiger charge is -2.14.